The molecule has 2 rings (SSSR count). The summed E-state index contributed by atoms with van der Waals surface area (Å²) in [5, 5.41) is 9.40. The van der Waals surface area contributed by atoms with Gasteiger partial charge < -0.3 is 10.0 Å². The van der Waals surface area contributed by atoms with E-state index in [1.807, 2.05) is 16.7 Å². The topological polar surface area (TPSA) is 53.4 Å². The lowest BCUT2D eigenvalue weighted by atomic mass is 10.2. The number of thioether (sulfide) groups is 1. The monoisotopic (exact) mass is 258 g/mol. The Morgan fingerprint density at radius 1 is 1.44 bits per heavy atom. The standard InChI is InChI=1S/C10H11ClN2O2S/c11-8-2-1-7(10(14)15)9(12-8)13-3-5-16-6-4-13/h1-2H,3-6H2,(H,14,15). The van der Waals surface area contributed by atoms with Gasteiger partial charge >= 0.3 is 5.97 Å². The Labute approximate surface area is 103 Å². The van der Waals surface area contributed by atoms with Crippen LogP contribution in [0.2, 0.25) is 5.15 Å². The van der Waals surface area contributed by atoms with E-state index in [1.165, 1.54) is 12.1 Å². The van der Waals surface area contributed by atoms with Crippen LogP contribution in [-0.2, 0) is 0 Å². The first-order valence-electron chi connectivity index (χ1n) is 4.91. The van der Waals surface area contributed by atoms with Crippen LogP contribution in [0.5, 0.6) is 0 Å². The highest BCUT2D eigenvalue weighted by atomic mass is 35.5. The van der Waals surface area contributed by atoms with Gasteiger partial charge in [0.15, 0.2) is 0 Å². The Balaban J connectivity index is 2.36. The molecule has 0 saturated carbocycles. The molecule has 0 amide bonds. The molecule has 1 aliphatic heterocycles. The van der Waals surface area contributed by atoms with Gasteiger partial charge in [-0.2, -0.15) is 11.8 Å². The Morgan fingerprint density at radius 2 is 2.12 bits per heavy atom. The third-order valence-electron chi connectivity index (χ3n) is 2.38. The van der Waals surface area contributed by atoms with Crippen molar-refractivity contribution in [3.05, 3.63) is 22.8 Å². The van der Waals surface area contributed by atoms with Gasteiger partial charge in [-0.15, -0.1) is 0 Å². The predicted octanol–water partition coefficient (Wildman–Crippen LogP) is 1.99. The van der Waals surface area contributed by atoms with Gasteiger partial charge in [-0.05, 0) is 12.1 Å². The molecule has 2 heterocycles. The Kier molecular flexibility index (Phi) is 3.56. The molecule has 86 valence electrons. The molecular formula is C10H11ClN2O2S. The van der Waals surface area contributed by atoms with Gasteiger partial charge in [0.2, 0.25) is 0 Å². The molecule has 0 bridgehead atoms. The molecule has 0 aliphatic carbocycles. The summed E-state index contributed by atoms with van der Waals surface area (Å²) in [4.78, 5) is 17.2. The maximum absolute atomic E-state index is 11.1. The number of carboxylic acids is 1. The molecule has 1 aromatic rings. The van der Waals surface area contributed by atoms with Crippen molar-refractivity contribution in [3.63, 3.8) is 0 Å². The van der Waals surface area contributed by atoms with E-state index in [-0.39, 0.29) is 5.56 Å². The number of halogens is 1. The van der Waals surface area contributed by atoms with Crippen molar-refractivity contribution in [2.45, 2.75) is 0 Å². The number of carboxylic acid groups (broad SMARTS) is 1. The van der Waals surface area contributed by atoms with Crippen molar-refractivity contribution in [1.29, 1.82) is 0 Å². The van der Waals surface area contributed by atoms with Crippen molar-refractivity contribution in [1.82, 2.24) is 4.98 Å². The van der Waals surface area contributed by atoms with Gasteiger partial charge in [0.25, 0.3) is 0 Å². The van der Waals surface area contributed by atoms with Gasteiger partial charge in [-0.3, -0.25) is 0 Å². The second kappa shape index (κ2) is 4.93. The Bertz CT molecular complexity index is 408. The molecule has 0 spiro atoms. The first kappa shape index (κ1) is 11.5. The summed E-state index contributed by atoms with van der Waals surface area (Å²) in [5.74, 6) is 1.51. The second-order valence-corrected chi connectivity index (χ2v) is 5.02. The smallest absolute Gasteiger partial charge is 0.339 e. The maximum atomic E-state index is 11.1. The zero-order valence-corrected chi connectivity index (χ0v) is 10.1. The number of hydrogen-bond donors (Lipinski definition) is 1. The molecule has 6 heteroatoms. The zero-order valence-electron chi connectivity index (χ0n) is 8.52. The average Bonchev–Trinajstić information content (AvgIpc) is 2.29. The van der Waals surface area contributed by atoms with Crippen LogP contribution in [0.15, 0.2) is 12.1 Å². The highest BCUT2D eigenvalue weighted by Gasteiger charge is 2.19. The summed E-state index contributed by atoms with van der Waals surface area (Å²) in [6.07, 6.45) is 0. The lowest BCUT2D eigenvalue weighted by molar-refractivity contribution is 0.0697. The van der Waals surface area contributed by atoms with E-state index in [4.69, 9.17) is 16.7 Å². The highest BCUT2D eigenvalue weighted by Crippen LogP contribution is 2.23. The summed E-state index contributed by atoms with van der Waals surface area (Å²) in [7, 11) is 0. The van der Waals surface area contributed by atoms with Crippen molar-refractivity contribution in [2.75, 3.05) is 29.5 Å². The molecule has 1 aliphatic rings. The number of pyridine rings is 1. The van der Waals surface area contributed by atoms with Crippen LogP contribution >= 0.6 is 23.4 Å². The van der Waals surface area contributed by atoms with Crippen LogP contribution in [0.25, 0.3) is 0 Å². The summed E-state index contributed by atoms with van der Waals surface area (Å²) in [6.45, 7) is 1.64. The predicted molar refractivity (Wildman–Crippen MR) is 65.7 cm³/mol. The van der Waals surface area contributed by atoms with Crippen molar-refractivity contribution in [3.8, 4) is 0 Å². The van der Waals surface area contributed by atoms with Crippen LogP contribution in [0.3, 0.4) is 0 Å². The first-order valence-corrected chi connectivity index (χ1v) is 6.44. The van der Waals surface area contributed by atoms with E-state index in [1.54, 1.807) is 0 Å². The maximum Gasteiger partial charge on any atom is 0.339 e. The van der Waals surface area contributed by atoms with Crippen LogP contribution in [0.4, 0.5) is 5.82 Å². The van der Waals surface area contributed by atoms with E-state index in [0.717, 1.165) is 24.6 Å². The van der Waals surface area contributed by atoms with Crippen molar-refractivity contribution < 1.29 is 9.90 Å². The number of aromatic nitrogens is 1. The normalized spacial score (nSPS) is 16.2. The molecule has 0 aromatic carbocycles. The molecular weight excluding hydrogens is 248 g/mol. The lowest BCUT2D eigenvalue weighted by Crippen LogP contribution is -2.34. The van der Waals surface area contributed by atoms with Gasteiger partial charge in [0, 0.05) is 24.6 Å². The molecule has 1 saturated heterocycles. The van der Waals surface area contributed by atoms with Crippen LogP contribution in [-0.4, -0.2) is 40.7 Å². The molecule has 16 heavy (non-hydrogen) atoms. The molecule has 1 N–H and O–H groups in total. The SMILES string of the molecule is O=C(O)c1ccc(Cl)nc1N1CCSCC1. The molecule has 0 unspecified atom stereocenters. The van der Waals surface area contributed by atoms with E-state index < -0.39 is 5.97 Å². The second-order valence-electron chi connectivity index (χ2n) is 3.41. The third-order valence-corrected chi connectivity index (χ3v) is 3.54. The van der Waals surface area contributed by atoms with Gasteiger partial charge in [0.1, 0.15) is 16.5 Å². The summed E-state index contributed by atoms with van der Waals surface area (Å²) in [5.41, 5.74) is 0.219. The molecule has 4 nitrogen and oxygen atoms in total. The number of rotatable bonds is 2. The minimum absolute atomic E-state index is 0.219. The van der Waals surface area contributed by atoms with Gasteiger partial charge in [-0.1, -0.05) is 11.6 Å². The first-order chi connectivity index (χ1) is 7.68. The number of carbonyl (C=O) groups is 1. The zero-order chi connectivity index (χ0) is 11.5. The number of aromatic carboxylic acids is 1. The van der Waals surface area contributed by atoms with E-state index in [0.29, 0.717) is 11.0 Å². The molecule has 1 aromatic heterocycles. The van der Waals surface area contributed by atoms with Crippen LogP contribution < -0.4 is 4.90 Å². The largest absolute Gasteiger partial charge is 0.478 e. The summed E-state index contributed by atoms with van der Waals surface area (Å²) in [6, 6.07) is 3.02. The Hall–Kier alpha value is -0.940. The highest BCUT2D eigenvalue weighted by molar-refractivity contribution is 7.99. The average molecular weight is 259 g/mol. The van der Waals surface area contributed by atoms with E-state index in [2.05, 4.69) is 4.98 Å². The van der Waals surface area contributed by atoms with Crippen molar-refractivity contribution >= 4 is 35.1 Å². The van der Waals surface area contributed by atoms with Crippen LogP contribution in [0, 0.1) is 0 Å². The fourth-order valence-electron chi connectivity index (χ4n) is 1.61. The van der Waals surface area contributed by atoms with E-state index in [9.17, 15) is 4.79 Å². The number of hydrogen-bond acceptors (Lipinski definition) is 4. The Morgan fingerprint density at radius 3 is 2.75 bits per heavy atom. The fraction of sp³-hybridized carbons (Fsp3) is 0.400. The van der Waals surface area contributed by atoms with Crippen LogP contribution in [0.1, 0.15) is 10.4 Å². The van der Waals surface area contributed by atoms with Gasteiger partial charge in [-0.25, -0.2) is 9.78 Å². The van der Waals surface area contributed by atoms with Gasteiger partial charge in [0.05, 0.1) is 0 Å². The number of anilines is 1. The lowest BCUT2D eigenvalue weighted by Gasteiger charge is -2.28. The minimum Gasteiger partial charge on any atom is -0.478 e. The fourth-order valence-corrected chi connectivity index (χ4v) is 2.65. The quantitative estimate of drug-likeness (QED) is 0.823. The third kappa shape index (κ3) is 2.41. The number of nitrogens with zero attached hydrogens (tertiary/aromatic N) is 2. The van der Waals surface area contributed by atoms with E-state index >= 15 is 0 Å². The summed E-state index contributed by atoms with van der Waals surface area (Å²) >= 11 is 7.67. The summed E-state index contributed by atoms with van der Waals surface area (Å²) < 4.78 is 0. The minimum atomic E-state index is -0.961. The molecule has 0 radical (unpaired) electrons. The van der Waals surface area contributed by atoms with Crippen molar-refractivity contribution in [2.24, 2.45) is 0 Å². The molecule has 0 atom stereocenters. The molecule has 1 fully saturated rings.